The molecule has 3 heterocycles. The number of anilines is 1. The lowest BCUT2D eigenvalue weighted by atomic mass is 10.1. The van der Waals surface area contributed by atoms with Gasteiger partial charge in [0.2, 0.25) is 0 Å². The Morgan fingerprint density at radius 2 is 1.80 bits per heavy atom. The van der Waals surface area contributed by atoms with E-state index in [1.165, 1.54) is 36.0 Å². The van der Waals surface area contributed by atoms with Gasteiger partial charge in [-0.05, 0) is 30.5 Å². The number of aryl methyl sites for hydroxylation is 1. The van der Waals surface area contributed by atoms with Crippen molar-refractivity contribution in [3.05, 3.63) is 29.8 Å². The normalized spacial score (nSPS) is 28.4. The summed E-state index contributed by atoms with van der Waals surface area (Å²) in [7, 11) is 2.34. The highest BCUT2D eigenvalue weighted by Crippen LogP contribution is 2.24. The standard InChI is InChI=1S/C19H30N5O/c1-23-9-12-24(13-10-23,14-11-23)15-19(25)22-18-6-4-17(5-7-18)3-2-8-21-16-20/h4-7,16H,2-3,8-15H2,1H3,(H2-,20,21,22,25)/q+1/p+1. The molecule has 0 unspecified atom stereocenters. The van der Waals surface area contributed by atoms with Crippen LogP contribution in [-0.4, -0.2) is 80.6 Å². The lowest BCUT2D eigenvalue weighted by molar-refractivity contribution is -1.07. The lowest BCUT2D eigenvalue weighted by Crippen LogP contribution is -2.74. The number of nitrogens with two attached hydrogens (primary N) is 1. The van der Waals surface area contributed by atoms with Gasteiger partial charge in [0.1, 0.15) is 39.3 Å². The predicted octanol–water partition coefficient (Wildman–Crippen LogP) is 0.835. The van der Waals surface area contributed by atoms with Gasteiger partial charge in [-0.15, -0.1) is 0 Å². The van der Waals surface area contributed by atoms with Crippen LogP contribution in [0.1, 0.15) is 12.0 Å². The number of piperazine rings is 3. The van der Waals surface area contributed by atoms with Crippen LogP contribution < -0.4 is 11.1 Å². The fourth-order valence-electron chi connectivity index (χ4n) is 3.98. The topological polar surface area (TPSA) is 67.5 Å². The van der Waals surface area contributed by atoms with Crippen LogP contribution in [0, 0.1) is 0 Å². The summed E-state index contributed by atoms with van der Waals surface area (Å²) < 4.78 is 2.17. The summed E-state index contributed by atoms with van der Waals surface area (Å²) in [4.78, 5) is 16.5. The van der Waals surface area contributed by atoms with Crippen molar-refractivity contribution in [1.29, 1.82) is 0 Å². The molecule has 3 saturated heterocycles. The molecule has 3 aliphatic heterocycles. The van der Waals surface area contributed by atoms with Crippen molar-refractivity contribution >= 4 is 17.9 Å². The molecule has 4 rings (SSSR count). The van der Waals surface area contributed by atoms with E-state index in [0.29, 0.717) is 6.54 Å². The Hall–Kier alpha value is -1.92. The van der Waals surface area contributed by atoms with Crippen LogP contribution in [0.2, 0.25) is 0 Å². The van der Waals surface area contributed by atoms with Crippen LogP contribution in [0.25, 0.3) is 0 Å². The third-order valence-corrected chi connectivity index (χ3v) is 5.92. The van der Waals surface area contributed by atoms with E-state index in [0.717, 1.165) is 49.2 Å². The Kier molecular flexibility index (Phi) is 5.39. The number of nitrogens with one attached hydrogen (secondary N) is 1. The van der Waals surface area contributed by atoms with E-state index in [1.807, 2.05) is 12.1 Å². The van der Waals surface area contributed by atoms with Gasteiger partial charge in [0.15, 0.2) is 6.54 Å². The van der Waals surface area contributed by atoms with Gasteiger partial charge in [0.25, 0.3) is 5.91 Å². The van der Waals surface area contributed by atoms with Crippen LogP contribution >= 0.6 is 0 Å². The molecule has 1 aromatic carbocycles. The molecular formula is C19H31N5O+2. The molecule has 0 saturated carbocycles. The second-order valence-corrected chi connectivity index (χ2v) is 7.86. The second-order valence-electron chi connectivity index (χ2n) is 7.86. The molecule has 1 amide bonds. The first-order valence-corrected chi connectivity index (χ1v) is 9.30. The van der Waals surface area contributed by atoms with Crippen LogP contribution in [0.3, 0.4) is 0 Å². The number of nitrogens with zero attached hydrogens (tertiary/aromatic N) is 3. The number of fused-ring (bicyclic) bond motifs is 3. The Labute approximate surface area is 150 Å². The van der Waals surface area contributed by atoms with Gasteiger partial charge in [-0.25, -0.2) is 0 Å². The summed E-state index contributed by atoms with van der Waals surface area (Å²) in [5, 5.41) is 3.08. The van der Waals surface area contributed by atoms with Gasteiger partial charge < -0.3 is 20.0 Å². The summed E-state index contributed by atoms with van der Waals surface area (Å²) in [5.41, 5.74) is 7.39. The summed E-state index contributed by atoms with van der Waals surface area (Å²) >= 11 is 0. The van der Waals surface area contributed by atoms with E-state index in [4.69, 9.17) is 5.73 Å². The van der Waals surface area contributed by atoms with Gasteiger partial charge >= 0.3 is 0 Å². The molecule has 3 fully saturated rings. The van der Waals surface area contributed by atoms with Crippen LogP contribution in [0.5, 0.6) is 0 Å². The molecule has 0 aliphatic carbocycles. The first kappa shape index (κ1) is 17.9. The number of amides is 1. The predicted molar refractivity (Wildman–Crippen MR) is 101 cm³/mol. The number of likely N-dealkylation sites (N-methyl/N-ethyl adjacent to an activating group) is 1. The molecule has 3 N–H and O–H groups in total. The molecule has 1 aromatic rings. The summed E-state index contributed by atoms with van der Waals surface area (Å²) in [6, 6.07) is 8.16. The van der Waals surface area contributed by atoms with E-state index < -0.39 is 0 Å². The zero-order valence-electron chi connectivity index (χ0n) is 15.3. The lowest BCUT2D eigenvalue weighted by Gasteiger charge is -2.53. The molecule has 3 aliphatic rings. The fraction of sp³-hybridized carbons (Fsp3) is 0.579. The van der Waals surface area contributed by atoms with Crippen molar-refractivity contribution in [2.45, 2.75) is 12.8 Å². The summed E-state index contributed by atoms with van der Waals surface area (Å²) in [5.74, 6) is 0.142. The average molecular weight is 345 g/mol. The molecule has 0 spiro atoms. The van der Waals surface area contributed by atoms with Crippen molar-refractivity contribution in [2.24, 2.45) is 10.7 Å². The molecule has 2 bridgehead atoms. The van der Waals surface area contributed by atoms with Crippen molar-refractivity contribution in [1.82, 2.24) is 0 Å². The maximum Gasteiger partial charge on any atom is 0.279 e. The molecule has 6 heteroatoms. The number of hydrogen-bond acceptors (Lipinski definition) is 2. The number of carbonyl (C=O) groups excluding carboxylic acids is 1. The van der Waals surface area contributed by atoms with E-state index in [-0.39, 0.29) is 5.91 Å². The van der Waals surface area contributed by atoms with E-state index in [9.17, 15) is 4.79 Å². The van der Waals surface area contributed by atoms with Crippen LogP contribution in [0.15, 0.2) is 29.3 Å². The highest BCUT2D eigenvalue weighted by atomic mass is 16.2. The number of rotatable bonds is 7. The Morgan fingerprint density at radius 1 is 1.16 bits per heavy atom. The molecule has 6 nitrogen and oxygen atoms in total. The van der Waals surface area contributed by atoms with Crippen molar-refractivity contribution in [3.8, 4) is 0 Å². The molecule has 136 valence electrons. The first-order valence-electron chi connectivity index (χ1n) is 9.30. The number of aliphatic imine (C=N–C) groups is 1. The van der Waals surface area contributed by atoms with E-state index in [2.05, 4.69) is 29.5 Å². The smallest absolute Gasteiger partial charge is 0.279 e. The van der Waals surface area contributed by atoms with Gasteiger partial charge in [0, 0.05) is 12.2 Å². The number of hydrogen-bond donors (Lipinski definition) is 2. The molecule has 0 atom stereocenters. The zero-order chi connectivity index (χ0) is 17.8. The van der Waals surface area contributed by atoms with Crippen molar-refractivity contribution in [2.75, 3.05) is 64.7 Å². The van der Waals surface area contributed by atoms with Gasteiger partial charge in [0.05, 0.1) is 13.4 Å². The van der Waals surface area contributed by atoms with Crippen molar-refractivity contribution < 1.29 is 13.8 Å². The van der Waals surface area contributed by atoms with Crippen LogP contribution in [-0.2, 0) is 11.2 Å². The first-order chi connectivity index (χ1) is 12.0. The minimum Gasteiger partial charge on any atom is -0.390 e. The highest BCUT2D eigenvalue weighted by Gasteiger charge is 2.47. The minimum atomic E-state index is 0.142. The Bertz CT molecular complexity index is 601. The fourth-order valence-corrected chi connectivity index (χ4v) is 3.98. The highest BCUT2D eigenvalue weighted by molar-refractivity contribution is 5.91. The molecule has 0 aromatic heterocycles. The Morgan fingerprint density at radius 3 is 2.40 bits per heavy atom. The average Bonchev–Trinajstić information content (AvgIpc) is 2.61. The SMILES string of the molecule is C[N+]12CC[N+](CC(=O)Nc3ccc(CCCN=CN)cc3)(CC1)CC2. The quantitative estimate of drug-likeness (QED) is 0.333. The summed E-state index contributed by atoms with van der Waals surface area (Å²) in [6.07, 6.45) is 3.31. The number of benzene rings is 1. The minimum absolute atomic E-state index is 0.142. The third-order valence-electron chi connectivity index (χ3n) is 5.92. The van der Waals surface area contributed by atoms with E-state index >= 15 is 0 Å². The van der Waals surface area contributed by atoms with Crippen LogP contribution in [0.4, 0.5) is 5.69 Å². The van der Waals surface area contributed by atoms with Gasteiger partial charge in [-0.2, -0.15) is 0 Å². The largest absolute Gasteiger partial charge is 0.390 e. The molecule has 0 radical (unpaired) electrons. The van der Waals surface area contributed by atoms with Gasteiger partial charge in [-0.1, -0.05) is 12.1 Å². The second kappa shape index (κ2) is 7.54. The maximum atomic E-state index is 12.5. The summed E-state index contributed by atoms with van der Waals surface area (Å²) in [6.45, 7) is 8.38. The maximum absolute atomic E-state index is 12.5. The zero-order valence-corrected chi connectivity index (χ0v) is 15.3. The number of quaternary nitrogens is 2. The Balaban J connectivity index is 1.48. The van der Waals surface area contributed by atoms with Gasteiger partial charge in [-0.3, -0.25) is 9.79 Å². The number of carbonyl (C=O) groups is 1. The third kappa shape index (κ3) is 4.58. The van der Waals surface area contributed by atoms with E-state index in [1.54, 1.807) is 0 Å². The van der Waals surface area contributed by atoms with Crippen molar-refractivity contribution in [3.63, 3.8) is 0 Å². The molecule has 25 heavy (non-hydrogen) atoms. The monoisotopic (exact) mass is 345 g/mol. The molecular weight excluding hydrogens is 314 g/mol.